The van der Waals surface area contributed by atoms with Crippen LogP contribution in [-0.4, -0.2) is 75.9 Å². The van der Waals surface area contributed by atoms with E-state index in [9.17, 15) is 32.6 Å². The lowest BCUT2D eigenvalue weighted by Crippen LogP contribution is -2.52. The Morgan fingerprint density at radius 3 is 2.47 bits per heavy atom. The predicted octanol–water partition coefficient (Wildman–Crippen LogP) is 2.97. The highest BCUT2D eigenvalue weighted by Crippen LogP contribution is 2.43. The zero-order valence-electron chi connectivity index (χ0n) is 21.6. The summed E-state index contributed by atoms with van der Waals surface area (Å²) in [6, 6.07) is 2.56. The maximum absolute atomic E-state index is 14.4. The van der Waals surface area contributed by atoms with Crippen molar-refractivity contribution in [2.24, 2.45) is 0 Å². The van der Waals surface area contributed by atoms with Gasteiger partial charge in [-0.15, -0.1) is 0 Å². The van der Waals surface area contributed by atoms with E-state index in [0.29, 0.717) is 44.4 Å². The Hall–Kier alpha value is -2.83. The first kappa shape index (κ1) is 28.2. The minimum Gasteiger partial charge on any atom is -0.394 e. The van der Waals surface area contributed by atoms with Gasteiger partial charge in [0.1, 0.15) is 18.0 Å². The van der Waals surface area contributed by atoms with Gasteiger partial charge in [0.25, 0.3) is 0 Å². The molecule has 1 amide bonds. The van der Waals surface area contributed by atoms with Crippen molar-refractivity contribution in [3.63, 3.8) is 0 Å². The van der Waals surface area contributed by atoms with Crippen molar-refractivity contribution < 1.29 is 32.6 Å². The number of nitrogens with zero attached hydrogens (tertiary/aromatic N) is 4. The van der Waals surface area contributed by atoms with E-state index >= 15 is 0 Å². The number of rotatable bonds is 7. The van der Waals surface area contributed by atoms with Crippen LogP contribution in [0.1, 0.15) is 67.5 Å². The number of anilines is 1. The van der Waals surface area contributed by atoms with Crippen molar-refractivity contribution >= 4 is 11.7 Å². The molecule has 208 valence electrons. The number of hydrogen-bond acceptors (Lipinski definition) is 7. The van der Waals surface area contributed by atoms with E-state index in [-0.39, 0.29) is 30.5 Å². The van der Waals surface area contributed by atoms with Crippen LogP contribution >= 0.6 is 0 Å². The number of carbonyl (C=O) groups excluding carboxylic acids is 1. The van der Waals surface area contributed by atoms with Crippen LogP contribution in [0, 0.1) is 5.82 Å². The summed E-state index contributed by atoms with van der Waals surface area (Å²) >= 11 is 0. The molecule has 1 aromatic carbocycles. The molecule has 0 radical (unpaired) electrons. The van der Waals surface area contributed by atoms with Crippen LogP contribution in [0.3, 0.4) is 0 Å². The van der Waals surface area contributed by atoms with Gasteiger partial charge in [-0.3, -0.25) is 4.79 Å². The number of aromatic nitrogens is 2. The average molecular weight is 540 g/mol. The highest BCUT2D eigenvalue weighted by molar-refractivity contribution is 5.84. The maximum Gasteiger partial charge on any atom is 0.419 e. The zero-order valence-corrected chi connectivity index (χ0v) is 21.6. The van der Waals surface area contributed by atoms with E-state index in [1.54, 1.807) is 18.7 Å². The second-order valence-corrected chi connectivity index (χ2v) is 10.7. The normalized spacial score (nSPS) is 21.0. The van der Waals surface area contributed by atoms with Crippen LogP contribution < -0.4 is 10.2 Å². The number of piperazine rings is 1. The van der Waals surface area contributed by atoms with Crippen LogP contribution in [0.25, 0.3) is 0 Å². The van der Waals surface area contributed by atoms with Crippen LogP contribution in [0.15, 0.2) is 24.5 Å². The lowest BCUT2D eigenvalue weighted by molar-refractivity contribution is -0.140. The zero-order chi connectivity index (χ0) is 27.8. The molecule has 12 heteroatoms. The number of nitrogens with one attached hydrogen (secondary N) is 1. The molecule has 0 saturated carbocycles. The van der Waals surface area contributed by atoms with Gasteiger partial charge in [0.2, 0.25) is 5.91 Å². The first-order valence-corrected chi connectivity index (χ1v) is 12.6. The molecule has 38 heavy (non-hydrogen) atoms. The molecule has 3 N–H and O–H groups in total. The molecule has 1 aliphatic heterocycles. The van der Waals surface area contributed by atoms with Gasteiger partial charge >= 0.3 is 6.18 Å². The molecule has 0 bridgehead atoms. The fourth-order valence-electron chi connectivity index (χ4n) is 5.07. The molecule has 1 aliphatic carbocycles. The molecule has 1 fully saturated rings. The molecule has 1 unspecified atom stereocenters. The predicted molar refractivity (Wildman–Crippen MR) is 132 cm³/mol. The van der Waals surface area contributed by atoms with Gasteiger partial charge in [-0.05, 0) is 43.9 Å². The third kappa shape index (κ3) is 5.76. The number of benzene rings is 1. The maximum atomic E-state index is 14.4. The van der Waals surface area contributed by atoms with Gasteiger partial charge in [-0.25, -0.2) is 14.4 Å². The molecule has 1 aromatic heterocycles. The van der Waals surface area contributed by atoms with Crippen molar-refractivity contribution in [1.29, 1.82) is 0 Å². The van der Waals surface area contributed by atoms with Crippen LogP contribution in [0.5, 0.6) is 0 Å². The summed E-state index contributed by atoms with van der Waals surface area (Å²) in [6.45, 7) is 6.81. The fraction of sp³-hybridized carbons (Fsp3) is 0.577. The first-order valence-electron chi connectivity index (χ1n) is 12.6. The molecule has 1 saturated heterocycles. The molecule has 2 aromatic rings. The Labute approximate surface area is 218 Å². The van der Waals surface area contributed by atoms with E-state index in [1.807, 2.05) is 11.8 Å². The third-order valence-electron chi connectivity index (χ3n) is 7.35. The van der Waals surface area contributed by atoms with Crippen molar-refractivity contribution in [3.8, 4) is 0 Å². The van der Waals surface area contributed by atoms with Gasteiger partial charge in [0.05, 0.1) is 29.9 Å². The topological polar surface area (TPSA) is 102 Å². The summed E-state index contributed by atoms with van der Waals surface area (Å²) in [6.07, 6.45) is -3.48. The summed E-state index contributed by atoms with van der Waals surface area (Å²) in [5.74, 6) is -1.91. The number of hydrogen-bond donors (Lipinski definition) is 3. The van der Waals surface area contributed by atoms with E-state index in [2.05, 4.69) is 15.3 Å². The lowest BCUT2D eigenvalue weighted by atomic mass is 9.94. The first-order chi connectivity index (χ1) is 17.8. The van der Waals surface area contributed by atoms with Crippen LogP contribution in [0.2, 0.25) is 0 Å². The van der Waals surface area contributed by atoms with E-state index in [4.69, 9.17) is 0 Å². The molecular weight excluding hydrogens is 506 g/mol. The summed E-state index contributed by atoms with van der Waals surface area (Å²) in [4.78, 5) is 26.0. The quantitative estimate of drug-likeness (QED) is 0.465. The number of halogens is 4. The van der Waals surface area contributed by atoms with Crippen LogP contribution in [-0.2, 0) is 11.0 Å². The molecular formula is C26H33F4N5O3. The van der Waals surface area contributed by atoms with Crippen LogP contribution in [0.4, 0.5) is 23.4 Å². The van der Waals surface area contributed by atoms with Crippen molar-refractivity contribution in [3.05, 3.63) is 52.7 Å². The molecule has 8 nitrogen and oxygen atoms in total. The minimum atomic E-state index is -4.84. The number of alkyl halides is 3. The highest BCUT2D eigenvalue weighted by atomic mass is 19.4. The smallest absolute Gasteiger partial charge is 0.394 e. The Morgan fingerprint density at radius 2 is 1.87 bits per heavy atom. The number of carbonyl (C=O) groups is 1. The third-order valence-corrected chi connectivity index (χ3v) is 7.35. The Balaban J connectivity index is 1.53. The Kier molecular flexibility index (Phi) is 7.96. The molecule has 2 aliphatic rings. The second kappa shape index (κ2) is 10.7. The number of aliphatic hydroxyl groups excluding tert-OH is 2. The lowest BCUT2D eigenvalue weighted by Gasteiger charge is -2.38. The van der Waals surface area contributed by atoms with Crippen molar-refractivity contribution in [2.45, 2.75) is 56.8 Å². The van der Waals surface area contributed by atoms with Crippen molar-refractivity contribution in [1.82, 2.24) is 20.2 Å². The summed E-state index contributed by atoms with van der Waals surface area (Å²) in [5.41, 5.74) is -0.477. The molecule has 2 heterocycles. The summed E-state index contributed by atoms with van der Waals surface area (Å²) in [7, 11) is 0. The van der Waals surface area contributed by atoms with Gasteiger partial charge < -0.3 is 25.3 Å². The standard InChI is InChI=1S/C26H33F4N5O3/c1-15-10-20(37)22-21(15)23(32-14-31-22)34-6-8-35(9-7-34)24(38)17(12-33-25(2,3)13-36)16-4-5-18(19(27)11-16)26(28,29)30/h4-5,11,14-15,17,20,33,36-37H,6-10,12-13H2,1-3H3/t15-,17?,20-/m1/s1. The molecule has 4 rings (SSSR count). The number of aliphatic hydroxyl groups is 2. The van der Waals surface area contributed by atoms with Gasteiger partial charge in [-0.1, -0.05) is 13.0 Å². The Bertz CT molecular complexity index is 1170. The minimum absolute atomic E-state index is 0.00618. The fourth-order valence-corrected chi connectivity index (χ4v) is 5.07. The average Bonchev–Trinajstić information content (AvgIpc) is 3.16. The monoisotopic (exact) mass is 539 g/mol. The SMILES string of the molecule is C[C@@H]1C[C@@H](O)c2ncnc(N3CCN(C(=O)C(CNC(C)(C)CO)c4ccc(C(F)(F)F)c(F)c4)CC3)c21. The molecule has 3 atom stereocenters. The number of fused-ring (bicyclic) bond motifs is 1. The van der Waals surface area contributed by atoms with E-state index in [1.165, 1.54) is 6.33 Å². The van der Waals surface area contributed by atoms with E-state index in [0.717, 1.165) is 23.5 Å². The highest BCUT2D eigenvalue weighted by Gasteiger charge is 2.37. The second-order valence-electron chi connectivity index (χ2n) is 10.7. The summed E-state index contributed by atoms with van der Waals surface area (Å²) in [5, 5.41) is 23.0. The molecule has 0 spiro atoms. The van der Waals surface area contributed by atoms with Gasteiger partial charge in [-0.2, -0.15) is 13.2 Å². The van der Waals surface area contributed by atoms with Gasteiger partial charge in [0, 0.05) is 43.8 Å². The van der Waals surface area contributed by atoms with E-state index < -0.39 is 35.1 Å². The van der Waals surface area contributed by atoms with Gasteiger partial charge in [0.15, 0.2) is 0 Å². The van der Waals surface area contributed by atoms with Crippen molar-refractivity contribution in [2.75, 3.05) is 44.2 Å². The largest absolute Gasteiger partial charge is 0.419 e. The number of amides is 1. The Morgan fingerprint density at radius 1 is 1.18 bits per heavy atom. The summed E-state index contributed by atoms with van der Waals surface area (Å²) < 4.78 is 53.7.